The number of rotatable bonds is 6. The fourth-order valence-electron chi connectivity index (χ4n) is 3.92. The van der Waals surface area contributed by atoms with Crippen LogP contribution < -0.4 is 10.6 Å². The highest BCUT2D eigenvalue weighted by molar-refractivity contribution is 6.07. The maximum absolute atomic E-state index is 12.9. The Morgan fingerprint density at radius 2 is 1.62 bits per heavy atom. The number of benzene rings is 3. The molecule has 0 aliphatic rings. The van der Waals surface area contributed by atoms with Crippen molar-refractivity contribution in [2.24, 2.45) is 0 Å². The van der Waals surface area contributed by atoms with Crippen molar-refractivity contribution in [2.75, 3.05) is 5.32 Å². The lowest BCUT2D eigenvalue weighted by molar-refractivity contribution is -0.137. The number of urea groups is 1. The van der Waals surface area contributed by atoms with Crippen LogP contribution in [0.15, 0.2) is 78.9 Å². The lowest BCUT2D eigenvalue weighted by Crippen LogP contribution is -2.41. The van der Waals surface area contributed by atoms with Gasteiger partial charge in [-0.1, -0.05) is 67.6 Å². The highest BCUT2D eigenvalue weighted by atomic mass is 19.4. The van der Waals surface area contributed by atoms with E-state index < -0.39 is 29.9 Å². The summed E-state index contributed by atoms with van der Waals surface area (Å²) in [5, 5.41) is 17.2. The molecule has 3 aromatic carbocycles. The highest BCUT2D eigenvalue weighted by Gasteiger charge is 2.31. The van der Waals surface area contributed by atoms with Crippen LogP contribution in [0.25, 0.3) is 22.2 Å². The van der Waals surface area contributed by atoms with Gasteiger partial charge < -0.3 is 20.7 Å². The Bertz CT molecular complexity index is 1270. The summed E-state index contributed by atoms with van der Waals surface area (Å²) in [6.07, 6.45) is -5.26. The number of aromatic amines is 1. The van der Waals surface area contributed by atoms with Crippen LogP contribution >= 0.6 is 0 Å². The van der Waals surface area contributed by atoms with Crippen LogP contribution in [0, 0.1) is 0 Å². The predicted molar refractivity (Wildman–Crippen MR) is 126 cm³/mol. The van der Waals surface area contributed by atoms with Crippen LogP contribution in [-0.2, 0) is 6.18 Å². The fourth-order valence-corrected chi connectivity index (χ4v) is 3.92. The number of para-hydroxylation sites is 1. The number of aromatic nitrogens is 1. The van der Waals surface area contributed by atoms with Crippen LogP contribution in [0.2, 0.25) is 0 Å². The maximum Gasteiger partial charge on any atom is 0.416 e. The third-order valence-corrected chi connectivity index (χ3v) is 5.72. The van der Waals surface area contributed by atoms with Crippen LogP contribution in [0.4, 0.5) is 23.7 Å². The molecule has 1 aromatic heterocycles. The van der Waals surface area contributed by atoms with E-state index in [2.05, 4.69) is 15.6 Å². The van der Waals surface area contributed by atoms with E-state index in [-0.39, 0.29) is 5.56 Å². The molecule has 4 rings (SSSR count). The third kappa shape index (κ3) is 4.92. The molecular weight excluding hydrogens is 443 g/mol. The van der Waals surface area contributed by atoms with Crippen LogP contribution in [0.3, 0.4) is 0 Å². The number of amides is 2. The fraction of sp³-hybridized carbons (Fsp3) is 0.192. The summed E-state index contributed by atoms with van der Waals surface area (Å²) in [5.41, 5.74) is 2.58. The number of fused-ring (bicyclic) bond motifs is 1. The summed E-state index contributed by atoms with van der Waals surface area (Å²) in [5.74, 6) is 0. The van der Waals surface area contributed by atoms with Gasteiger partial charge in [-0.2, -0.15) is 13.2 Å². The van der Waals surface area contributed by atoms with E-state index in [1.54, 1.807) is 6.92 Å². The molecule has 2 atom stereocenters. The monoisotopic (exact) mass is 467 g/mol. The van der Waals surface area contributed by atoms with Crippen LogP contribution in [-0.4, -0.2) is 22.2 Å². The molecule has 0 aliphatic heterocycles. The number of halogens is 3. The van der Waals surface area contributed by atoms with Crippen molar-refractivity contribution >= 4 is 22.6 Å². The molecule has 0 saturated heterocycles. The number of aliphatic hydroxyl groups is 1. The molecule has 0 aliphatic carbocycles. The molecule has 0 spiro atoms. The van der Waals surface area contributed by atoms with Gasteiger partial charge in [0.25, 0.3) is 0 Å². The first-order valence-corrected chi connectivity index (χ1v) is 10.9. The Kier molecular flexibility index (Phi) is 6.61. The highest BCUT2D eigenvalue weighted by Crippen LogP contribution is 2.35. The second-order valence-electron chi connectivity index (χ2n) is 7.96. The molecule has 4 aromatic rings. The quantitative estimate of drug-likeness (QED) is 0.262. The van der Waals surface area contributed by atoms with E-state index in [4.69, 9.17) is 0 Å². The van der Waals surface area contributed by atoms with Crippen molar-refractivity contribution in [1.82, 2.24) is 10.3 Å². The summed E-state index contributed by atoms with van der Waals surface area (Å²) in [7, 11) is 0. The van der Waals surface area contributed by atoms with Crippen molar-refractivity contribution in [3.8, 4) is 11.3 Å². The van der Waals surface area contributed by atoms with Crippen molar-refractivity contribution in [2.45, 2.75) is 31.7 Å². The maximum atomic E-state index is 12.9. The number of hydrogen-bond donors (Lipinski definition) is 4. The van der Waals surface area contributed by atoms with Gasteiger partial charge in [-0.3, -0.25) is 0 Å². The number of hydrogen-bond acceptors (Lipinski definition) is 2. The zero-order chi connectivity index (χ0) is 24.3. The van der Waals surface area contributed by atoms with E-state index in [0.29, 0.717) is 12.1 Å². The standard InChI is InChI=1S/C26H24F3N3O2/c1-2-20(24(33)17-12-14-18(15-13-17)26(27,28)29)31-25(34)32-23-19-10-6-7-11-21(19)30-22(23)16-8-4-3-5-9-16/h3-15,20,24,30,33H,2H2,1H3,(H2,31,32,34). The van der Waals surface area contributed by atoms with Crippen LogP contribution in [0.5, 0.6) is 0 Å². The lowest BCUT2D eigenvalue weighted by Gasteiger charge is -2.24. The lowest BCUT2D eigenvalue weighted by atomic mass is 9.99. The molecule has 0 radical (unpaired) electrons. The molecular formula is C26H24F3N3O2. The van der Waals surface area contributed by atoms with Gasteiger partial charge in [-0.05, 0) is 30.2 Å². The Hall–Kier alpha value is -3.78. The summed E-state index contributed by atoms with van der Waals surface area (Å²) >= 11 is 0. The topological polar surface area (TPSA) is 77.2 Å². The van der Waals surface area contributed by atoms with Crippen molar-refractivity contribution in [3.05, 3.63) is 90.0 Å². The molecule has 0 saturated carbocycles. The van der Waals surface area contributed by atoms with Gasteiger partial charge in [0, 0.05) is 16.5 Å². The molecule has 176 valence electrons. The summed E-state index contributed by atoms with van der Waals surface area (Å²) < 4.78 is 38.5. The first-order chi connectivity index (χ1) is 16.3. The summed E-state index contributed by atoms with van der Waals surface area (Å²) in [6.45, 7) is 1.78. The number of carbonyl (C=O) groups excluding carboxylic acids is 1. The van der Waals surface area contributed by atoms with Gasteiger partial charge in [-0.15, -0.1) is 0 Å². The minimum atomic E-state index is -4.46. The molecule has 2 amide bonds. The number of nitrogens with one attached hydrogen (secondary N) is 3. The predicted octanol–water partition coefficient (Wildman–Crippen LogP) is 6.49. The van der Waals surface area contributed by atoms with Gasteiger partial charge in [0.2, 0.25) is 0 Å². The van der Waals surface area contributed by atoms with Crippen LogP contribution in [0.1, 0.15) is 30.6 Å². The van der Waals surface area contributed by atoms with Crippen molar-refractivity contribution in [3.63, 3.8) is 0 Å². The molecule has 0 fully saturated rings. The van der Waals surface area contributed by atoms with E-state index >= 15 is 0 Å². The Morgan fingerprint density at radius 1 is 0.971 bits per heavy atom. The molecule has 8 heteroatoms. The first-order valence-electron chi connectivity index (χ1n) is 10.9. The Morgan fingerprint density at radius 3 is 2.26 bits per heavy atom. The van der Waals surface area contributed by atoms with Gasteiger partial charge in [0.05, 0.1) is 29.1 Å². The van der Waals surface area contributed by atoms with Crippen molar-refractivity contribution < 1.29 is 23.1 Å². The molecule has 34 heavy (non-hydrogen) atoms. The number of aliphatic hydroxyl groups excluding tert-OH is 1. The average Bonchev–Trinajstić information content (AvgIpc) is 3.20. The number of alkyl halides is 3. The minimum Gasteiger partial charge on any atom is -0.386 e. The van der Waals surface area contributed by atoms with Gasteiger partial charge >= 0.3 is 12.2 Å². The molecule has 0 bridgehead atoms. The Balaban J connectivity index is 1.55. The molecule has 1 heterocycles. The SMILES string of the molecule is CCC(NC(=O)Nc1c(-c2ccccc2)[nH]c2ccccc12)C(O)c1ccc(C(F)(F)F)cc1. The number of anilines is 1. The van der Waals surface area contributed by atoms with Gasteiger partial charge in [0.15, 0.2) is 0 Å². The zero-order valence-corrected chi connectivity index (χ0v) is 18.4. The molecule has 5 nitrogen and oxygen atoms in total. The smallest absolute Gasteiger partial charge is 0.386 e. The van der Waals surface area contributed by atoms with E-state index in [0.717, 1.165) is 34.3 Å². The third-order valence-electron chi connectivity index (χ3n) is 5.72. The number of carbonyl (C=O) groups is 1. The van der Waals surface area contributed by atoms with E-state index in [1.165, 1.54) is 12.1 Å². The minimum absolute atomic E-state index is 0.289. The average molecular weight is 467 g/mol. The van der Waals surface area contributed by atoms with E-state index in [9.17, 15) is 23.1 Å². The first kappa shape index (κ1) is 23.4. The van der Waals surface area contributed by atoms with Gasteiger partial charge in [-0.25, -0.2) is 4.79 Å². The Labute approximate surface area is 194 Å². The van der Waals surface area contributed by atoms with Gasteiger partial charge in [0.1, 0.15) is 0 Å². The normalized spacial score (nSPS) is 13.4. The molecule has 4 N–H and O–H groups in total. The second-order valence-corrected chi connectivity index (χ2v) is 7.96. The molecule has 2 unspecified atom stereocenters. The summed E-state index contributed by atoms with van der Waals surface area (Å²) in [4.78, 5) is 16.3. The zero-order valence-electron chi connectivity index (χ0n) is 18.4. The number of H-pyrrole nitrogens is 1. The summed E-state index contributed by atoms with van der Waals surface area (Å²) in [6, 6.07) is 20.2. The largest absolute Gasteiger partial charge is 0.416 e. The van der Waals surface area contributed by atoms with E-state index in [1.807, 2.05) is 54.6 Å². The second kappa shape index (κ2) is 9.61. The van der Waals surface area contributed by atoms with Crippen molar-refractivity contribution in [1.29, 1.82) is 0 Å².